The molecule has 8 nitrogen and oxygen atoms in total. The molecule has 40 heavy (non-hydrogen) atoms. The van der Waals surface area contributed by atoms with E-state index >= 15 is 8.78 Å². The Balaban J connectivity index is 1.32. The van der Waals surface area contributed by atoms with Gasteiger partial charge in [0.2, 0.25) is 0 Å². The number of aliphatic hydroxyl groups is 2. The molecule has 0 amide bonds. The first-order chi connectivity index (χ1) is 19.1. The highest BCUT2D eigenvalue weighted by molar-refractivity contribution is 6.76. The van der Waals surface area contributed by atoms with Gasteiger partial charge in [-0.15, -0.1) is 0 Å². The van der Waals surface area contributed by atoms with Crippen LogP contribution in [0.25, 0.3) is 22.2 Å². The largest absolute Gasteiger partial charge is 0.456 e. The molecular weight excluding hydrogens is 538 g/mol. The van der Waals surface area contributed by atoms with E-state index in [4.69, 9.17) is 18.9 Å². The van der Waals surface area contributed by atoms with Gasteiger partial charge in [0.1, 0.15) is 36.4 Å². The third-order valence-corrected chi connectivity index (χ3v) is 9.84. The van der Waals surface area contributed by atoms with Gasteiger partial charge in [-0.2, -0.15) is 4.98 Å². The maximum Gasteiger partial charge on any atom is 0.299 e. The normalized spacial score (nSPS) is 28.2. The number of imidazole rings is 1. The summed E-state index contributed by atoms with van der Waals surface area (Å²) in [6, 6.07) is 9.43. The number of fused-ring (bicyclic) bond motifs is 2. The number of hydrogen-bond acceptors (Lipinski definition) is 7. The first-order valence-corrected chi connectivity index (χ1v) is 17.6. The Morgan fingerprint density at radius 1 is 1.05 bits per heavy atom. The van der Waals surface area contributed by atoms with E-state index in [-0.39, 0.29) is 54.6 Å². The van der Waals surface area contributed by atoms with Crippen molar-refractivity contribution in [3.8, 4) is 17.1 Å². The Kier molecular flexibility index (Phi) is 7.47. The van der Waals surface area contributed by atoms with Crippen LogP contribution in [0.1, 0.15) is 24.3 Å². The van der Waals surface area contributed by atoms with E-state index in [1.807, 2.05) is 12.1 Å². The molecular formula is C29H36F2N2O6Si. The van der Waals surface area contributed by atoms with Crippen molar-refractivity contribution in [3.05, 3.63) is 47.5 Å². The minimum absolute atomic E-state index is 0.0155. The van der Waals surface area contributed by atoms with E-state index in [0.717, 1.165) is 11.6 Å². The molecule has 216 valence electrons. The molecule has 3 aliphatic rings. The fourth-order valence-electron chi connectivity index (χ4n) is 5.64. The molecule has 2 aliphatic heterocycles. The summed E-state index contributed by atoms with van der Waals surface area (Å²) in [6.07, 6.45) is -1.16. The summed E-state index contributed by atoms with van der Waals surface area (Å²) in [5.74, 6) is -1.22. The molecule has 1 aromatic heterocycles. The molecule has 1 aliphatic carbocycles. The minimum atomic E-state index is -1.34. The Morgan fingerprint density at radius 3 is 2.48 bits per heavy atom. The van der Waals surface area contributed by atoms with Crippen LogP contribution in [0, 0.1) is 11.6 Å². The van der Waals surface area contributed by atoms with Gasteiger partial charge < -0.3 is 29.2 Å². The fraction of sp³-hybridized carbons (Fsp3) is 0.552. The smallest absolute Gasteiger partial charge is 0.299 e. The van der Waals surface area contributed by atoms with Crippen LogP contribution < -0.4 is 4.74 Å². The van der Waals surface area contributed by atoms with Gasteiger partial charge in [0.05, 0.1) is 30.4 Å². The van der Waals surface area contributed by atoms with Gasteiger partial charge in [-0.05, 0) is 35.9 Å². The van der Waals surface area contributed by atoms with Crippen molar-refractivity contribution in [2.75, 3.05) is 19.8 Å². The molecule has 3 aromatic rings. The number of aromatic nitrogens is 2. The van der Waals surface area contributed by atoms with Crippen LogP contribution in [0.15, 0.2) is 30.3 Å². The molecule has 3 fully saturated rings. The van der Waals surface area contributed by atoms with Gasteiger partial charge in [-0.25, -0.2) is 8.78 Å². The van der Waals surface area contributed by atoms with Gasteiger partial charge in [0.25, 0.3) is 6.01 Å². The number of aliphatic hydroxyl groups excluding tert-OH is 2. The topological polar surface area (TPSA) is 95.2 Å². The second-order valence-corrected chi connectivity index (χ2v) is 18.0. The van der Waals surface area contributed by atoms with E-state index in [0.29, 0.717) is 25.0 Å². The molecule has 0 unspecified atom stereocenters. The molecule has 1 saturated carbocycles. The maximum absolute atomic E-state index is 16.0. The van der Waals surface area contributed by atoms with E-state index in [1.165, 1.54) is 6.07 Å². The summed E-state index contributed by atoms with van der Waals surface area (Å²) in [4.78, 5) is 4.47. The number of benzene rings is 2. The third-order valence-electron chi connectivity index (χ3n) is 8.14. The highest BCUT2D eigenvalue weighted by atomic mass is 28.3. The summed E-state index contributed by atoms with van der Waals surface area (Å²) in [5.41, 5.74) is 1.50. The standard InChI is InChI=1S/C29H36F2N2O6Si/c1-40(2,3)9-8-36-15-33-21-12-20(30)24(17-6-4-16(5-7-17)18-10-19(34)11-18)25(31)26(21)32-29(33)39-23-14-38-27-22(35)13-37-28(23)27/h4-7,12,18-19,22-23,27-28,34-35H,8-11,13-15H2,1-3H3/t18?,19?,22-,23-,27-,28-/m1/s1. The lowest BCUT2D eigenvalue weighted by atomic mass is 9.77. The quantitative estimate of drug-likeness (QED) is 0.288. The van der Waals surface area contributed by atoms with Crippen molar-refractivity contribution in [3.63, 3.8) is 0 Å². The Hall–Kier alpha value is -2.41. The second kappa shape index (κ2) is 10.8. The van der Waals surface area contributed by atoms with Crippen LogP contribution in [0.3, 0.4) is 0 Å². The highest BCUT2D eigenvalue weighted by Gasteiger charge is 2.49. The number of hydrogen-bond donors (Lipinski definition) is 2. The highest BCUT2D eigenvalue weighted by Crippen LogP contribution is 2.39. The molecule has 3 heterocycles. The Labute approximate surface area is 232 Å². The lowest BCUT2D eigenvalue weighted by Gasteiger charge is -2.31. The van der Waals surface area contributed by atoms with Crippen molar-refractivity contribution >= 4 is 19.1 Å². The van der Waals surface area contributed by atoms with Gasteiger partial charge in [0.15, 0.2) is 11.9 Å². The number of rotatable bonds is 9. The maximum atomic E-state index is 16.0. The molecule has 0 spiro atoms. The molecule has 11 heteroatoms. The first kappa shape index (κ1) is 27.7. The predicted molar refractivity (Wildman–Crippen MR) is 147 cm³/mol. The lowest BCUT2D eigenvalue weighted by Crippen LogP contribution is -2.35. The Bertz CT molecular complexity index is 1370. The van der Waals surface area contributed by atoms with E-state index < -0.39 is 44.1 Å². The van der Waals surface area contributed by atoms with Crippen molar-refractivity contribution in [2.24, 2.45) is 0 Å². The van der Waals surface area contributed by atoms with Crippen molar-refractivity contribution in [1.82, 2.24) is 9.55 Å². The van der Waals surface area contributed by atoms with E-state index in [2.05, 4.69) is 24.6 Å². The van der Waals surface area contributed by atoms with Crippen LogP contribution in [-0.2, 0) is 20.9 Å². The first-order valence-electron chi connectivity index (χ1n) is 13.9. The fourth-order valence-corrected chi connectivity index (χ4v) is 6.40. The SMILES string of the molecule is C[Si](C)(C)CCOCn1c(O[C@@H]2CO[C@H]3[C@@H]2OC[C@H]3O)nc2c(F)c(-c3ccc(C4CC(O)C4)cc3)c(F)cc21. The number of halogens is 2. The van der Waals surface area contributed by atoms with Gasteiger partial charge in [-0.1, -0.05) is 43.9 Å². The second-order valence-electron chi connectivity index (χ2n) is 12.3. The van der Waals surface area contributed by atoms with Gasteiger partial charge in [0, 0.05) is 20.7 Å². The monoisotopic (exact) mass is 574 g/mol. The van der Waals surface area contributed by atoms with Crippen LogP contribution in [-0.4, -0.2) is 78.2 Å². The molecule has 2 aromatic carbocycles. The van der Waals surface area contributed by atoms with Crippen LogP contribution in [0.4, 0.5) is 8.78 Å². The zero-order valence-corrected chi connectivity index (χ0v) is 24.0. The predicted octanol–water partition coefficient (Wildman–Crippen LogP) is 4.44. The van der Waals surface area contributed by atoms with E-state index in [1.54, 1.807) is 16.7 Å². The van der Waals surface area contributed by atoms with Crippen LogP contribution in [0.5, 0.6) is 6.01 Å². The average molecular weight is 575 g/mol. The summed E-state index contributed by atoms with van der Waals surface area (Å²) < 4.78 is 56.6. The Morgan fingerprint density at radius 2 is 1.77 bits per heavy atom. The molecule has 0 radical (unpaired) electrons. The number of nitrogens with zero attached hydrogens (tertiary/aromatic N) is 2. The van der Waals surface area contributed by atoms with Crippen molar-refractivity contribution in [1.29, 1.82) is 0 Å². The molecule has 4 atom stereocenters. The van der Waals surface area contributed by atoms with Crippen LogP contribution >= 0.6 is 0 Å². The van der Waals surface area contributed by atoms with Gasteiger partial charge >= 0.3 is 0 Å². The zero-order chi connectivity index (χ0) is 28.2. The molecule has 0 bridgehead atoms. The summed E-state index contributed by atoms with van der Waals surface area (Å²) >= 11 is 0. The molecule has 6 rings (SSSR count). The van der Waals surface area contributed by atoms with Crippen molar-refractivity contribution < 1.29 is 37.9 Å². The summed E-state index contributed by atoms with van der Waals surface area (Å²) in [7, 11) is -1.34. The molecule has 2 saturated heterocycles. The zero-order valence-electron chi connectivity index (χ0n) is 23.0. The number of ether oxygens (including phenoxy) is 4. The minimum Gasteiger partial charge on any atom is -0.456 e. The van der Waals surface area contributed by atoms with Crippen molar-refractivity contribution in [2.45, 2.75) is 81.7 Å². The lowest BCUT2D eigenvalue weighted by molar-refractivity contribution is 0.00339. The van der Waals surface area contributed by atoms with E-state index in [9.17, 15) is 10.2 Å². The third kappa shape index (κ3) is 5.30. The van der Waals surface area contributed by atoms with Crippen LogP contribution in [0.2, 0.25) is 25.7 Å². The van der Waals surface area contributed by atoms with Gasteiger partial charge in [-0.3, -0.25) is 4.57 Å². The summed E-state index contributed by atoms with van der Waals surface area (Å²) in [5, 5.41) is 19.7. The molecule has 2 N–H and O–H groups in total. The summed E-state index contributed by atoms with van der Waals surface area (Å²) in [6.45, 7) is 7.60. The average Bonchev–Trinajstić information content (AvgIpc) is 3.56.